The molecule has 0 saturated carbocycles. The van der Waals surface area contributed by atoms with E-state index in [9.17, 15) is 9.50 Å². The highest BCUT2D eigenvalue weighted by molar-refractivity contribution is 4.79. The van der Waals surface area contributed by atoms with Gasteiger partial charge in [-0.15, -0.1) is 0 Å². The SMILES string of the molecule is CCC(F)CN1C[C@H](O)CC[C@H]1C. The third kappa shape index (κ3) is 3.24. The number of hydrogen-bond acceptors (Lipinski definition) is 2. The van der Waals surface area contributed by atoms with Crippen LogP contribution in [0, 0.1) is 0 Å². The lowest BCUT2D eigenvalue weighted by Gasteiger charge is -2.36. The Kier molecular flexibility index (Phi) is 4.13. The predicted octanol–water partition coefficient (Wildman–Crippen LogP) is 1.58. The summed E-state index contributed by atoms with van der Waals surface area (Å²) in [6.45, 7) is 5.08. The summed E-state index contributed by atoms with van der Waals surface area (Å²) in [5.41, 5.74) is 0. The zero-order valence-electron chi connectivity index (χ0n) is 8.54. The number of nitrogens with zero attached hydrogens (tertiary/aromatic N) is 1. The number of halogens is 1. The van der Waals surface area contributed by atoms with Crippen molar-refractivity contribution < 1.29 is 9.50 Å². The molecule has 0 aromatic heterocycles. The summed E-state index contributed by atoms with van der Waals surface area (Å²) in [7, 11) is 0. The van der Waals surface area contributed by atoms with Crippen molar-refractivity contribution in [3.05, 3.63) is 0 Å². The molecule has 0 amide bonds. The smallest absolute Gasteiger partial charge is 0.112 e. The Labute approximate surface area is 79.7 Å². The molecule has 78 valence electrons. The van der Waals surface area contributed by atoms with E-state index >= 15 is 0 Å². The highest BCUT2D eigenvalue weighted by Gasteiger charge is 2.25. The molecule has 1 unspecified atom stereocenters. The van der Waals surface area contributed by atoms with Crippen molar-refractivity contribution in [2.24, 2.45) is 0 Å². The zero-order chi connectivity index (χ0) is 9.84. The molecule has 1 rings (SSSR count). The molecule has 3 atom stereocenters. The van der Waals surface area contributed by atoms with E-state index in [0.29, 0.717) is 25.6 Å². The maximum absolute atomic E-state index is 13.1. The number of aliphatic hydroxyl groups excluding tert-OH is 1. The molecule has 0 spiro atoms. The number of alkyl halides is 1. The van der Waals surface area contributed by atoms with E-state index in [1.165, 1.54) is 0 Å². The average Bonchev–Trinajstić information content (AvgIpc) is 2.11. The van der Waals surface area contributed by atoms with Crippen molar-refractivity contribution in [2.75, 3.05) is 13.1 Å². The number of aliphatic hydroxyl groups is 1. The minimum absolute atomic E-state index is 0.250. The lowest BCUT2D eigenvalue weighted by Crippen LogP contribution is -2.46. The fourth-order valence-corrected chi connectivity index (χ4v) is 1.80. The summed E-state index contributed by atoms with van der Waals surface area (Å²) in [6, 6.07) is 0.424. The largest absolute Gasteiger partial charge is 0.392 e. The summed E-state index contributed by atoms with van der Waals surface area (Å²) in [5.74, 6) is 0. The monoisotopic (exact) mass is 189 g/mol. The molecule has 1 aliphatic rings. The first kappa shape index (κ1) is 10.9. The maximum atomic E-state index is 13.1. The summed E-state index contributed by atoms with van der Waals surface area (Å²) in [6.07, 6.45) is 1.42. The van der Waals surface area contributed by atoms with Crippen LogP contribution in [-0.4, -0.2) is 41.4 Å². The van der Waals surface area contributed by atoms with Crippen LogP contribution in [0.25, 0.3) is 0 Å². The van der Waals surface area contributed by atoms with Gasteiger partial charge in [0.25, 0.3) is 0 Å². The summed E-state index contributed by atoms with van der Waals surface area (Å²) in [4.78, 5) is 2.06. The van der Waals surface area contributed by atoms with Gasteiger partial charge >= 0.3 is 0 Å². The quantitative estimate of drug-likeness (QED) is 0.728. The second-order valence-corrected chi connectivity index (χ2v) is 4.04. The van der Waals surface area contributed by atoms with Crippen molar-refractivity contribution >= 4 is 0 Å². The molecule has 3 heteroatoms. The van der Waals surface area contributed by atoms with Crippen LogP contribution in [0.3, 0.4) is 0 Å². The van der Waals surface area contributed by atoms with E-state index in [1.807, 2.05) is 6.92 Å². The van der Waals surface area contributed by atoms with E-state index in [0.717, 1.165) is 12.8 Å². The van der Waals surface area contributed by atoms with Crippen LogP contribution in [0.15, 0.2) is 0 Å². The minimum atomic E-state index is -0.743. The van der Waals surface area contributed by atoms with Crippen molar-refractivity contribution in [1.82, 2.24) is 4.90 Å². The van der Waals surface area contributed by atoms with Gasteiger partial charge in [-0.3, -0.25) is 4.90 Å². The first-order valence-electron chi connectivity index (χ1n) is 5.19. The molecule has 13 heavy (non-hydrogen) atoms. The lowest BCUT2D eigenvalue weighted by atomic mass is 10.0. The van der Waals surface area contributed by atoms with Gasteiger partial charge in [0.1, 0.15) is 6.17 Å². The number of piperidine rings is 1. The standard InChI is InChI=1S/C10H20FNO/c1-3-9(11)6-12-7-10(13)5-4-8(12)2/h8-10,13H,3-7H2,1-2H3/t8-,9?,10-/m1/s1. The number of hydrogen-bond donors (Lipinski definition) is 1. The van der Waals surface area contributed by atoms with Crippen molar-refractivity contribution in [2.45, 2.75) is 51.4 Å². The topological polar surface area (TPSA) is 23.5 Å². The molecule has 0 bridgehead atoms. The molecular formula is C10H20FNO. The molecule has 2 nitrogen and oxygen atoms in total. The molecule has 0 aliphatic carbocycles. The van der Waals surface area contributed by atoms with Gasteiger partial charge in [0.05, 0.1) is 6.10 Å². The number of β-amino-alcohol motifs (C(OH)–C–C–N with tert-alkyl or cyclic N) is 1. The van der Waals surface area contributed by atoms with Gasteiger partial charge in [-0.25, -0.2) is 4.39 Å². The van der Waals surface area contributed by atoms with Gasteiger partial charge < -0.3 is 5.11 Å². The summed E-state index contributed by atoms with van der Waals surface area (Å²) in [5, 5.41) is 9.42. The Morgan fingerprint density at radius 2 is 2.23 bits per heavy atom. The lowest BCUT2D eigenvalue weighted by molar-refractivity contribution is 0.0271. The van der Waals surface area contributed by atoms with E-state index in [2.05, 4.69) is 11.8 Å². The normalized spacial score (nSPS) is 33.2. The number of likely N-dealkylation sites (tertiary alicyclic amines) is 1. The van der Waals surface area contributed by atoms with Gasteiger partial charge in [-0.1, -0.05) is 6.92 Å². The van der Waals surface area contributed by atoms with Crippen LogP contribution in [0.2, 0.25) is 0 Å². The third-order valence-electron chi connectivity index (χ3n) is 2.86. The van der Waals surface area contributed by atoms with Gasteiger partial charge in [-0.2, -0.15) is 0 Å². The third-order valence-corrected chi connectivity index (χ3v) is 2.86. The molecule has 1 N–H and O–H groups in total. The first-order chi connectivity index (χ1) is 6.13. The second-order valence-electron chi connectivity index (χ2n) is 4.04. The zero-order valence-corrected chi connectivity index (χ0v) is 8.54. The van der Waals surface area contributed by atoms with Crippen LogP contribution in [-0.2, 0) is 0 Å². The van der Waals surface area contributed by atoms with Gasteiger partial charge in [0.15, 0.2) is 0 Å². The highest BCUT2D eigenvalue weighted by atomic mass is 19.1. The Morgan fingerprint density at radius 1 is 1.54 bits per heavy atom. The van der Waals surface area contributed by atoms with E-state index in [-0.39, 0.29) is 6.10 Å². The molecule has 1 fully saturated rings. The van der Waals surface area contributed by atoms with Crippen molar-refractivity contribution in [1.29, 1.82) is 0 Å². The molecular weight excluding hydrogens is 169 g/mol. The molecule has 0 radical (unpaired) electrons. The van der Waals surface area contributed by atoms with E-state index < -0.39 is 6.17 Å². The number of rotatable bonds is 3. The van der Waals surface area contributed by atoms with Crippen molar-refractivity contribution in [3.63, 3.8) is 0 Å². The highest BCUT2D eigenvalue weighted by Crippen LogP contribution is 2.18. The van der Waals surface area contributed by atoms with Gasteiger partial charge in [0.2, 0.25) is 0 Å². The fraction of sp³-hybridized carbons (Fsp3) is 1.00. The van der Waals surface area contributed by atoms with Crippen molar-refractivity contribution in [3.8, 4) is 0 Å². The first-order valence-corrected chi connectivity index (χ1v) is 5.19. The Balaban J connectivity index is 2.37. The van der Waals surface area contributed by atoms with Crippen LogP contribution in [0.4, 0.5) is 4.39 Å². The van der Waals surface area contributed by atoms with Crippen LogP contribution in [0.5, 0.6) is 0 Å². The maximum Gasteiger partial charge on any atom is 0.112 e. The van der Waals surface area contributed by atoms with Crippen LogP contribution < -0.4 is 0 Å². The molecule has 1 heterocycles. The molecule has 0 aromatic rings. The fourth-order valence-electron chi connectivity index (χ4n) is 1.80. The van der Waals surface area contributed by atoms with Gasteiger partial charge in [-0.05, 0) is 26.2 Å². The minimum Gasteiger partial charge on any atom is -0.392 e. The Bertz CT molecular complexity index is 154. The van der Waals surface area contributed by atoms with Crippen LogP contribution in [0.1, 0.15) is 33.1 Å². The predicted molar refractivity (Wildman–Crippen MR) is 51.5 cm³/mol. The van der Waals surface area contributed by atoms with E-state index in [4.69, 9.17) is 0 Å². The molecule has 1 saturated heterocycles. The average molecular weight is 189 g/mol. The van der Waals surface area contributed by atoms with Crippen LogP contribution >= 0.6 is 0 Å². The van der Waals surface area contributed by atoms with Gasteiger partial charge in [0, 0.05) is 19.1 Å². The Hall–Kier alpha value is -0.150. The molecule has 0 aromatic carbocycles. The molecule has 1 aliphatic heterocycles. The second kappa shape index (κ2) is 4.91. The van der Waals surface area contributed by atoms with E-state index in [1.54, 1.807) is 0 Å². The Morgan fingerprint density at radius 3 is 2.85 bits per heavy atom. The summed E-state index contributed by atoms with van der Waals surface area (Å²) >= 11 is 0. The summed E-state index contributed by atoms with van der Waals surface area (Å²) < 4.78 is 13.1.